The van der Waals surface area contributed by atoms with Crippen molar-refractivity contribution < 1.29 is 19.1 Å². The zero-order valence-corrected chi connectivity index (χ0v) is 23.4. The molecule has 0 aromatic heterocycles. The quantitative estimate of drug-likeness (QED) is 0.362. The van der Waals surface area contributed by atoms with Crippen molar-refractivity contribution in [1.82, 2.24) is 4.90 Å². The van der Waals surface area contributed by atoms with E-state index in [1.54, 1.807) is 43.4 Å². The molecule has 0 aliphatic carbocycles. The fourth-order valence-corrected chi connectivity index (χ4v) is 5.38. The van der Waals surface area contributed by atoms with E-state index in [-0.39, 0.29) is 18.2 Å². The molecule has 0 radical (unpaired) electrons. The molecule has 4 rings (SSSR count). The van der Waals surface area contributed by atoms with Crippen LogP contribution in [0.2, 0.25) is 5.02 Å². The Morgan fingerprint density at radius 1 is 1.05 bits per heavy atom. The highest BCUT2D eigenvalue weighted by atomic mass is 35.5. The molecule has 1 unspecified atom stereocenters. The van der Waals surface area contributed by atoms with Crippen LogP contribution in [-0.2, 0) is 16.0 Å². The number of thioether (sulfide) groups is 1. The van der Waals surface area contributed by atoms with Crippen LogP contribution in [0.5, 0.6) is 11.5 Å². The molecule has 7 nitrogen and oxygen atoms in total. The molecule has 1 N–H and O–H groups in total. The molecule has 0 spiro atoms. The number of hydrogen-bond acceptors (Lipinski definition) is 6. The van der Waals surface area contributed by atoms with Gasteiger partial charge in [0.1, 0.15) is 5.25 Å². The first-order chi connectivity index (χ1) is 18.3. The molecule has 1 aliphatic heterocycles. The Bertz CT molecular complexity index is 1360. The number of halogens is 1. The third-order valence-corrected chi connectivity index (χ3v) is 7.63. The van der Waals surface area contributed by atoms with Crippen molar-refractivity contribution in [3.05, 3.63) is 82.4 Å². The molecule has 1 aliphatic rings. The molecule has 3 aromatic rings. The maximum Gasteiger partial charge on any atom is 0.238 e. The fraction of sp³-hybridized carbons (Fsp3) is 0.276. The van der Waals surface area contributed by atoms with Crippen molar-refractivity contribution in [3.8, 4) is 11.5 Å². The normalized spacial score (nSPS) is 16.4. The van der Waals surface area contributed by atoms with Gasteiger partial charge in [0.15, 0.2) is 16.7 Å². The molecule has 1 heterocycles. The van der Waals surface area contributed by atoms with Gasteiger partial charge in [-0.3, -0.25) is 14.5 Å². The number of rotatable bonds is 8. The standard InChI is InChI=1S/C29H30ClN3O4S/c1-18-5-11-23(19(2)15-18)32-28(35)26-17-27(34)33(29(38-26)31-22-9-7-21(30)8-10-22)14-13-20-6-12-24(36-3)25(16-20)37-4/h5-12,15-16,26H,13-14,17H2,1-4H3,(H,32,35). The molecule has 0 bridgehead atoms. The highest BCUT2D eigenvalue weighted by Gasteiger charge is 2.36. The van der Waals surface area contributed by atoms with Crippen molar-refractivity contribution in [3.63, 3.8) is 0 Å². The summed E-state index contributed by atoms with van der Waals surface area (Å²) in [6.45, 7) is 4.36. The Morgan fingerprint density at radius 3 is 2.47 bits per heavy atom. The van der Waals surface area contributed by atoms with E-state index in [9.17, 15) is 9.59 Å². The minimum absolute atomic E-state index is 0.0764. The average molecular weight is 552 g/mol. The molecular formula is C29H30ClN3O4S. The van der Waals surface area contributed by atoms with Crippen molar-refractivity contribution in [2.24, 2.45) is 4.99 Å². The fourth-order valence-electron chi connectivity index (χ4n) is 4.13. The smallest absolute Gasteiger partial charge is 0.238 e. The molecule has 1 atom stereocenters. The van der Waals surface area contributed by atoms with Gasteiger partial charge >= 0.3 is 0 Å². The number of methoxy groups -OCH3 is 2. The van der Waals surface area contributed by atoms with Gasteiger partial charge in [0.05, 0.1) is 19.9 Å². The number of nitrogens with one attached hydrogen (secondary N) is 1. The van der Waals surface area contributed by atoms with Gasteiger partial charge in [0.25, 0.3) is 0 Å². The molecule has 9 heteroatoms. The van der Waals surface area contributed by atoms with Crippen LogP contribution in [0, 0.1) is 13.8 Å². The highest BCUT2D eigenvalue weighted by Crippen LogP contribution is 2.32. The number of anilines is 1. The van der Waals surface area contributed by atoms with Gasteiger partial charge in [-0.15, -0.1) is 0 Å². The maximum atomic E-state index is 13.4. The molecule has 1 fully saturated rings. The molecular weight excluding hydrogens is 522 g/mol. The average Bonchev–Trinajstić information content (AvgIpc) is 2.90. The van der Waals surface area contributed by atoms with E-state index in [1.165, 1.54) is 11.8 Å². The number of aryl methyl sites for hydroxylation is 2. The first-order valence-electron chi connectivity index (χ1n) is 12.2. The monoisotopic (exact) mass is 551 g/mol. The lowest BCUT2D eigenvalue weighted by Gasteiger charge is -2.32. The predicted octanol–water partition coefficient (Wildman–Crippen LogP) is 6.18. The minimum atomic E-state index is -0.605. The van der Waals surface area contributed by atoms with Crippen LogP contribution in [0.25, 0.3) is 0 Å². The zero-order chi connectivity index (χ0) is 27.2. The minimum Gasteiger partial charge on any atom is -0.493 e. The van der Waals surface area contributed by atoms with E-state index in [0.717, 1.165) is 22.4 Å². The largest absolute Gasteiger partial charge is 0.493 e. The Balaban J connectivity index is 1.56. The second kappa shape index (κ2) is 12.4. The summed E-state index contributed by atoms with van der Waals surface area (Å²) in [6, 6.07) is 18.6. The summed E-state index contributed by atoms with van der Waals surface area (Å²) in [5, 5.41) is 3.45. The summed E-state index contributed by atoms with van der Waals surface area (Å²) < 4.78 is 10.7. The van der Waals surface area contributed by atoms with E-state index >= 15 is 0 Å². The van der Waals surface area contributed by atoms with Gasteiger partial charge in [0.2, 0.25) is 11.8 Å². The number of ether oxygens (including phenoxy) is 2. The Hall–Kier alpha value is -3.49. The summed E-state index contributed by atoms with van der Waals surface area (Å²) in [4.78, 5) is 33.0. The Morgan fingerprint density at radius 2 is 1.79 bits per heavy atom. The second-order valence-electron chi connectivity index (χ2n) is 8.97. The number of nitrogens with zero attached hydrogens (tertiary/aromatic N) is 2. The molecule has 0 saturated carbocycles. The Labute approximate surface area is 232 Å². The van der Waals surface area contributed by atoms with Crippen molar-refractivity contribution in [2.45, 2.75) is 31.9 Å². The lowest BCUT2D eigenvalue weighted by Crippen LogP contribution is -2.46. The summed E-state index contributed by atoms with van der Waals surface area (Å²) >= 11 is 7.34. The van der Waals surface area contributed by atoms with Gasteiger partial charge in [-0.1, -0.05) is 47.1 Å². The van der Waals surface area contributed by atoms with Gasteiger partial charge in [0, 0.05) is 23.7 Å². The van der Waals surface area contributed by atoms with Crippen molar-refractivity contribution >= 4 is 51.7 Å². The highest BCUT2D eigenvalue weighted by molar-refractivity contribution is 8.15. The van der Waals surface area contributed by atoms with Gasteiger partial charge < -0.3 is 14.8 Å². The van der Waals surface area contributed by atoms with Crippen molar-refractivity contribution in [1.29, 1.82) is 0 Å². The zero-order valence-electron chi connectivity index (χ0n) is 21.8. The van der Waals surface area contributed by atoms with Crippen LogP contribution in [0.4, 0.5) is 11.4 Å². The topological polar surface area (TPSA) is 80.2 Å². The van der Waals surface area contributed by atoms with Crippen LogP contribution in [0.1, 0.15) is 23.1 Å². The van der Waals surface area contributed by atoms with Crippen LogP contribution in [0.15, 0.2) is 65.7 Å². The van der Waals surface area contributed by atoms with Crippen LogP contribution in [0.3, 0.4) is 0 Å². The predicted molar refractivity (Wildman–Crippen MR) is 154 cm³/mol. The summed E-state index contributed by atoms with van der Waals surface area (Å²) in [7, 11) is 3.18. The number of aliphatic imine (C=N–C) groups is 1. The van der Waals surface area contributed by atoms with E-state index in [1.807, 2.05) is 50.2 Å². The van der Waals surface area contributed by atoms with Crippen molar-refractivity contribution in [2.75, 3.05) is 26.1 Å². The summed E-state index contributed by atoms with van der Waals surface area (Å²) in [6.07, 6.45) is 0.651. The number of amidine groups is 1. The SMILES string of the molecule is COc1ccc(CCN2C(=O)CC(C(=O)Nc3ccc(C)cc3C)SC2=Nc2ccc(Cl)cc2)cc1OC. The molecule has 198 valence electrons. The van der Waals surface area contributed by atoms with Crippen LogP contribution in [-0.4, -0.2) is 47.9 Å². The lowest BCUT2D eigenvalue weighted by atomic mass is 10.1. The van der Waals surface area contributed by atoms with Gasteiger partial charge in [-0.25, -0.2) is 4.99 Å². The van der Waals surface area contributed by atoms with Gasteiger partial charge in [-0.2, -0.15) is 0 Å². The second-order valence-corrected chi connectivity index (χ2v) is 10.6. The van der Waals surface area contributed by atoms with E-state index in [0.29, 0.717) is 40.3 Å². The lowest BCUT2D eigenvalue weighted by molar-refractivity contribution is -0.129. The third-order valence-electron chi connectivity index (χ3n) is 6.20. The molecule has 3 aromatic carbocycles. The van der Waals surface area contributed by atoms with E-state index < -0.39 is 5.25 Å². The Kier molecular flexibility index (Phi) is 8.97. The number of benzene rings is 3. The first kappa shape index (κ1) is 27.5. The van der Waals surface area contributed by atoms with E-state index in [4.69, 9.17) is 26.1 Å². The molecule has 2 amide bonds. The maximum absolute atomic E-state index is 13.4. The summed E-state index contributed by atoms with van der Waals surface area (Å²) in [5.74, 6) is 0.891. The van der Waals surface area contributed by atoms with Crippen LogP contribution >= 0.6 is 23.4 Å². The first-order valence-corrected chi connectivity index (χ1v) is 13.4. The number of amides is 2. The van der Waals surface area contributed by atoms with E-state index in [2.05, 4.69) is 5.32 Å². The number of hydrogen-bond donors (Lipinski definition) is 1. The summed E-state index contributed by atoms with van der Waals surface area (Å²) in [5.41, 5.74) is 4.46. The molecule has 38 heavy (non-hydrogen) atoms. The molecule has 1 saturated heterocycles. The van der Waals surface area contributed by atoms with Crippen LogP contribution < -0.4 is 14.8 Å². The van der Waals surface area contributed by atoms with Gasteiger partial charge in [-0.05, 0) is 73.9 Å². The number of carbonyl (C=O) groups is 2. The number of carbonyl (C=O) groups excluding carboxylic acids is 2. The third kappa shape index (κ3) is 6.68.